The summed E-state index contributed by atoms with van der Waals surface area (Å²) in [7, 11) is -0.766. The van der Waals surface area contributed by atoms with E-state index in [1.54, 1.807) is 0 Å². The van der Waals surface area contributed by atoms with Crippen LogP contribution in [0, 0.1) is 0 Å². The van der Waals surface area contributed by atoms with E-state index in [-0.39, 0.29) is 11.3 Å². The van der Waals surface area contributed by atoms with Crippen LogP contribution in [0.4, 0.5) is 0 Å². The second-order valence-electron chi connectivity index (χ2n) is 4.92. The van der Waals surface area contributed by atoms with Gasteiger partial charge in [-0.05, 0) is 37.4 Å². The summed E-state index contributed by atoms with van der Waals surface area (Å²) in [6.07, 6.45) is 2.04. The molecule has 0 saturated heterocycles. The van der Waals surface area contributed by atoms with Crippen LogP contribution in [0.2, 0.25) is 0 Å². The Morgan fingerprint density at radius 3 is 2.26 bits per heavy atom. The summed E-state index contributed by atoms with van der Waals surface area (Å²) in [5, 5.41) is 3.63. The number of nitrogens with one attached hydrogen (secondary N) is 1. The number of aryl methyl sites for hydroxylation is 1. The molecule has 3 atom stereocenters. The maximum absolute atomic E-state index is 12.2. The minimum absolute atomic E-state index is 0.146. The molecule has 0 radical (unpaired) electrons. The van der Waals surface area contributed by atoms with E-state index in [0.29, 0.717) is 0 Å². The fourth-order valence-electron chi connectivity index (χ4n) is 2.27. The Kier molecular flexibility index (Phi) is 7.32. The van der Waals surface area contributed by atoms with E-state index in [1.807, 2.05) is 0 Å². The van der Waals surface area contributed by atoms with Crippen LogP contribution < -0.4 is 5.32 Å². The molecule has 3 heteroatoms. The number of hydrogen-bond acceptors (Lipinski definition) is 2. The molecule has 0 aromatic heterocycles. The van der Waals surface area contributed by atoms with Gasteiger partial charge < -0.3 is 5.32 Å². The van der Waals surface area contributed by atoms with Crippen molar-refractivity contribution in [3.8, 4) is 0 Å². The zero-order chi connectivity index (χ0) is 14.3. The molecule has 0 aliphatic carbocycles. The zero-order valence-electron chi connectivity index (χ0n) is 12.6. The van der Waals surface area contributed by atoms with Gasteiger partial charge in [0, 0.05) is 22.6 Å². The summed E-state index contributed by atoms with van der Waals surface area (Å²) in [5.74, 6) is 0.788. The van der Waals surface area contributed by atoms with Crippen LogP contribution in [-0.4, -0.2) is 21.8 Å². The molecule has 1 N–H and O–H groups in total. The highest BCUT2D eigenvalue weighted by Gasteiger charge is 2.22. The van der Waals surface area contributed by atoms with Crippen LogP contribution in [0.15, 0.2) is 24.3 Å². The smallest absolute Gasteiger partial charge is 0.0514 e. The summed E-state index contributed by atoms with van der Waals surface area (Å²) < 4.78 is 12.2. The molecular formula is C16H27NOS. The minimum atomic E-state index is -0.766. The lowest BCUT2D eigenvalue weighted by Crippen LogP contribution is -2.33. The predicted octanol–water partition coefficient (Wildman–Crippen LogP) is 3.45. The van der Waals surface area contributed by atoms with Gasteiger partial charge in [0.25, 0.3) is 0 Å². The summed E-state index contributed by atoms with van der Waals surface area (Å²) in [5.41, 5.74) is 2.59. The SMILES string of the molecule is CCCS(=O)C(C)C(NCC)c1ccc(CC)cc1. The van der Waals surface area contributed by atoms with Crippen molar-refractivity contribution in [1.29, 1.82) is 0 Å². The molecule has 0 saturated carbocycles. The molecule has 1 aromatic carbocycles. The highest BCUT2D eigenvalue weighted by atomic mass is 32.2. The second kappa shape index (κ2) is 8.49. The van der Waals surface area contributed by atoms with E-state index in [2.05, 4.69) is 57.3 Å². The quantitative estimate of drug-likeness (QED) is 0.791. The van der Waals surface area contributed by atoms with Gasteiger partial charge >= 0.3 is 0 Å². The van der Waals surface area contributed by atoms with Gasteiger partial charge in [-0.25, -0.2) is 0 Å². The third kappa shape index (κ3) is 4.73. The van der Waals surface area contributed by atoms with E-state index in [1.165, 1.54) is 11.1 Å². The van der Waals surface area contributed by atoms with E-state index < -0.39 is 10.8 Å². The van der Waals surface area contributed by atoms with Gasteiger partial charge in [0.05, 0.1) is 5.25 Å². The summed E-state index contributed by atoms with van der Waals surface area (Å²) in [4.78, 5) is 0. The fourth-order valence-corrected chi connectivity index (χ4v) is 3.61. The van der Waals surface area contributed by atoms with Crippen molar-refractivity contribution < 1.29 is 4.21 Å². The Morgan fingerprint density at radius 2 is 1.79 bits per heavy atom. The zero-order valence-corrected chi connectivity index (χ0v) is 13.4. The first-order valence-corrected chi connectivity index (χ1v) is 8.71. The molecule has 1 rings (SSSR count). The standard InChI is InChI=1S/C16H27NOS/c1-5-12-19(18)13(4)16(17-7-3)15-10-8-14(6-2)9-11-15/h8-11,13,16-17H,5-7,12H2,1-4H3. The molecule has 0 spiro atoms. The van der Waals surface area contributed by atoms with Gasteiger partial charge in [-0.1, -0.05) is 45.0 Å². The average molecular weight is 281 g/mol. The van der Waals surface area contributed by atoms with Gasteiger partial charge in [0.2, 0.25) is 0 Å². The summed E-state index contributed by atoms with van der Waals surface area (Å²) in [6.45, 7) is 9.34. The average Bonchev–Trinajstić information content (AvgIpc) is 2.44. The highest BCUT2D eigenvalue weighted by molar-refractivity contribution is 7.85. The molecule has 0 amide bonds. The largest absolute Gasteiger partial charge is 0.309 e. The molecular weight excluding hydrogens is 254 g/mol. The number of rotatable bonds is 8. The van der Waals surface area contributed by atoms with E-state index in [0.717, 1.165) is 25.1 Å². The molecule has 19 heavy (non-hydrogen) atoms. The third-order valence-corrected chi connectivity index (χ3v) is 5.37. The molecule has 108 valence electrons. The maximum Gasteiger partial charge on any atom is 0.0514 e. The molecule has 0 heterocycles. The molecule has 0 aliphatic rings. The van der Waals surface area contributed by atoms with Gasteiger partial charge in [-0.15, -0.1) is 0 Å². The number of hydrogen-bond donors (Lipinski definition) is 1. The Labute approximate surface area is 120 Å². The van der Waals surface area contributed by atoms with E-state index >= 15 is 0 Å². The topological polar surface area (TPSA) is 29.1 Å². The van der Waals surface area contributed by atoms with Crippen LogP contribution in [0.25, 0.3) is 0 Å². The molecule has 0 bridgehead atoms. The Morgan fingerprint density at radius 1 is 1.16 bits per heavy atom. The summed E-state index contributed by atoms with van der Waals surface area (Å²) in [6, 6.07) is 8.88. The summed E-state index contributed by atoms with van der Waals surface area (Å²) >= 11 is 0. The van der Waals surface area contributed by atoms with Crippen LogP contribution >= 0.6 is 0 Å². The lowest BCUT2D eigenvalue weighted by atomic mass is 10.0. The molecule has 0 aliphatic heterocycles. The third-order valence-electron chi connectivity index (χ3n) is 3.46. The van der Waals surface area contributed by atoms with Crippen LogP contribution in [-0.2, 0) is 17.2 Å². The van der Waals surface area contributed by atoms with Gasteiger partial charge in [0.15, 0.2) is 0 Å². The second-order valence-corrected chi connectivity index (χ2v) is 6.83. The minimum Gasteiger partial charge on any atom is -0.309 e. The van der Waals surface area contributed by atoms with Crippen molar-refractivity contribution in [3.63, 3.8) is 0 Å². The highest BCUT2D eigenvalue weighted by Crippen LogP contribution is 2.22. The monoisotopic (exact) mass is 281 g/mol. The first-order valence-electron chi connectivity index (χ1n) is 7.33. The maximum atomic E-state index is 12.2. The Hall–Kier alpha value is -0.670. The lowest BCUT2D eigenvalue weighted by molar-refractivity contribution is 0.535. The van der Waals surface area contributed by atoms with Crippen molar-refractivity contribution in [2.24, 2.45) is 0 Å². The first kappa shape index (κ1) is 16.4. The molecule has 1 aromatic rings. The normalized spacial score (nSPS) is 16.0. The first-order chi connectivity index (χ1) is 9.13. The molecule has 3 unspecified atom stereocenters. The van der Waals surface area contributed by atoms with Gasteiger partial charge in [-0.2, -0.15) is 0 Å². The lowest BCUT2D eigenvalue weighted by Gasteiger charge is -2.25. The van der Waals surface area contributed by atoms with Gasteiger partial charge in [0.1, 0.15) is 0 Å². The van der Waals surface area contributed by atoms with E-state index in [4.69, 9.17) is 0 Å². The number of benzene rings is 1. The Bertz CT molecular complexity index is 388. The molecule has 0 fully saturated rings. The van der Waals surface area contributed by atoms with Crippen molar-refractivity contribution >= 4 is 10.8 Å². The van der Waals surface area contributed by atoms with Crippen molar-refractivity contribution in [2.75, 3.05) is 12.3 Å². The van der Waals surface area contributed by atoms with Crippen molar-refractivity contribution in [3.05, 3.63) is 35.4 Å². The van der Waals surface area contributed by atoms with Crippen LogP contribution in [0.3, 0.4) is 0 Å². The fraction of sp³-hybridized carbons (Fsp3) is 0.625. The van der Waals surface area contributed by atoms with Crippen molar-refractivity contribution in [2.45, 2.75) is 51.8 Å². The molecule has 2 nitrogen and oxygen atoms in total. The van der Waals surface area contributed by atoms with Gasteiger partial charge in [-0.3, -0.25) is 4.21 Å². The van der Waals surface area contributed by atoms with Crippen molar-refractivity contribution in [1.82, 2.24) is 5.32 Å². The van der Waals surface area contributed by atoms with Crippen LogP contribution in [0.1, 0.15) is 51.3 Å². The van der Waals surface area contributed by atoms with Crippen LogP contribution in [0.5, 0.6) is 0 Å². The Balaban J connectivity index is 2.88. The van der Waals surface area contributed by atoms with E-state index in [9.17, 15) is 4.21 Å². The predicted molar refractivity (Wildman–Crippen MR) is 85.0 cm³/mol.